The second-order valence-electron chi connectivity index (χ2n) is 2.31. The van der Waals surface area contributed by atoms with Gasteiger partial charge in [0.2, 0.25) is 0 Å². The van der Waals surface area contributed by atoms with E-state index in [1.165, 1.54) is 14.1 Å². The first kappa shape index (κ1) is 11.5. The van der Waals surface area contributed by atoms with E-state index in [1.807, 2.05) is 0 Å². The van der Waals surface area contributed by atoms with Gasteiger partial charge in [0.1, 0.15) is 12.7 Å². The molecule has 0 heterocycles. The molecule has 1 unspecified atom stereocenters. The van der Waals surface area contributed by atoms with Gasteiger partial charge < -0.3 is 20.1 Å². The fourth-order valence-electron chi connectivity index (χ4n) is 0.541. The highest BCUT2D eigenvalue weighted by molar-refractivity contribution is 5.67. The van der Waals surface area contributed by atoms with E-state index < -0.39 is 18.3 Å². The highest BCUT2D eigenvalue weighted by Crippen LogP contribution is 1.92. The lowest BCUT2D eigenvalue weighted by atomic mass is 10.4. The molecule has 0 aliphatic carbocycles. The molecule has 6 heteroatoms. The Morgan fingerprint density at radius 2 is 1.77 bits per heavy atom. The van der Waals surface area contributed by atoms with Crippen LogP contribution in [0.2, 0.25) is 0 Å². The van der Waals surface area contributed by atoms with Crippen LogP contribution in [0.15, 0.2) is 0 Å². The Hall–Kier alpha value is -1.46. The summed E-state index contributed by atoms with van der Waals surface area (Å²) in [5, 5.41) is 4.55. The fraction of sp³-hybridized carbons (Fsp3) is 0.714. The van der Waals surface area contributed by atoms with Crippen LogP contribution < -0.4 is 10.6 Å². The van der Waals surface area contributed by atoms with Gasteiger partial charge >= 0.3 is 12.2 Å². The molecule has 0 aromatic heterocycles. The zero-order valence-electron chi connectivity index (χ0n) is 7.92. The Kier molecular flexibility index (Phi) is 5.42. The molecule has 0 radical (unpaired) electrons. The van der Waals surface area contributed by atoms with Crippen LogP contribution in [0.1, 0.15) is 6.92 Å². The molecule has 0 aliphatic rings. The highest BCUT2D eigenvalue weighted by Gasteiger charge is 2.09. The van der Waals surface area contributed by atoms with E-state index in [-0.39, 0.29) is 6.61 Å². The maximum atomic E-state index is 10.6. The molecule has 0 saturated heterocycles. The third-order valence-corrected chi connectivity index (χ3v) is 1.17. The summed E-state index contributed by atoms with van der Waals surface area (Å²) in [7, 11) is 2.90. The molecule has 0 aliphatic heterocycles. The first-order valence-corrected chi connectivity index (χ1v) is 3.83. The predicted octanol–water partition coefficient (Wildman–Crippen LogP) is 0.0869. The number of hydrogen-bond acceptors (Lipinski definition) is 4. The Labute approximate surface area is 76.6 Å². The van der Waals surface area contributed by atoms with Gasteiger partial charge in [0.05, 0.1) is 0 Å². The molecule has 6 nitrogen and oxygen atoms in total. The van der Waals surface area contributed by atoms with Crippen molar-refractivity contribution in [2.45, 2.75) is 13.0 Å². The topological polar surface area (TPSA) is 76.7 Å². The predicted molar refractivity (Wildman–Crippen MR) is 45.4 cm³/mol. The van der Waals surface area contributed by atoms with Gasteiger partial charge in [0, 0.05) is 14.1 Å². The molecule has 0 aromatic carbocycles. The fourth-order valence-corrected chi connectivity index (χ4v) is 0.541. The van der Waals surface area contributed by atoms with Crippen LogP contribution in [-0.2, 0) is 9.47 Å². The van der Waals surface area contributed by atoms with Gasteiger partial charge in [-0.1, -0.05) is 0 Å². The van der Waals surface area contributed by atoms with Crippen molar-refractivity contribution in [1.82, 2.24) is 10.6 Å². The van der Waals surface area contributed by atoms with Crippen LogP contribution in [0.4, 0.5) is 9.59 Å². The number of alkyl carbamates (subject to hydrolysis) is 2. The van der Waals surface area contributed by atoms with Gasteiger partial charge in [0.25, 0.3) is 0 Å². The van der Waals surface area contributed by atoms with Crippen molar-refractivity contribution < 1.29 is 19.1 Å². The lowest BCUT2D eigenvalue weighted by molar-refractivity contribution is 0.0547. The zero-order valence-corrected chi connectivity index (χ0v) is 7.92. The smallest absolute Gasteiger partial charge is 0.407 e. The molecule has 0 aromatic rings. The van der Waals surface area contributed by atoms with Gasteiger partial charge in [-0.25, -0.2) is 9.59 Å². The molecule has 2 amide bonds. The van der Waals surface area contributed by atoms with Gasteiger partial charge in [-0.3, -0.25) is 0 Å². The highest BCUT2D eigenvalue weighted by atomic mass is 16.6. The van der Waals surface area contributed by atoms with E-state index in [2.05, 4.69) is 15.4 Å². The Bertz CT molecular complexity index is 183. The van der Waals surface area contributed by atoms with Gasteiger partial charge in [-0.05, 0) is 6.92 Å². The van der Waals surface area contributed by atoms with Crippen molar-refractivity contribution in [3.63, 3.8) is 0 Å². The van der Waals surface area contributed by atoms with Crippen LogP contribution in [0.5, 0.6) is 0 Å². The summed E-state index contributed by atoms with van der Waals surface area (Å²) in [5.74, 6) is 0. The Balaban J connectivity index is 3.56. The largest absolute Gasteiger partial charge is 0.446 e. The van der Waals surface area contributed by atoms with Gasteiger partial charge in [-0.2, -0.15) is 0 Å². The zero-order chi connectivity index (χ0) is 10.3. The molecule has 13 heavy (non-hydrogen) atoms. The summed E-state index contributed by atoms with van der Waals surface area (Å²) in [6.07, 6.45) is -1.56. The van der Waals surface area contributed by atoms with E-state index in [4.69, 9.17) is 4.74 Å². The Morgan fingerprint density at radius 1 is 1.23 bits per heavy atom. The van der Waals surface area contributed by atoms with Crippen molar-refractivity contribution in [2.24, 2.45) is 0 Å². The summed E-state index contributed by atoms with van der Waals surface area (Å²) >= 11 is 0. The standard InChI is InChI=1S/C7H14N2O4/c1-5(13-7(11)9-3)4-12-6(10)8-2/h5H,4H2,1-3H3,(H,8,10)(H,9,11). The summed E-state index contributed by atoms with van der Waals surface area (Å²) in [6, 6.07) is 0. The maximum Gasteiger partial charge on any atom is 0.407 e. The number of rotatable bonds is 3. The van der Waals surface area contributed by atoms with Crippen molar-refractivity contribution in [1.29, 1.82) is 0 Å². The molecular formula is C7H14N2O4. The molecule has 0 fully saturated rings. The normalized spacial score (nSPS) is 11.3. The second-order valence-corrected chi connectivity index (χ2v) is 2.31. The van der Waals surface area contributed by atoms with Crippen molar-refractivity contribution >= 4 is 12.2 Å². The molecule has 0 spiro atoms. The summed E-state index contributed by atoms with van der Waals surface area (Å²) in [4.78, 5) is 21.2. The SMILES string of the molecule is CNC(=O)OCC(C)OC(=O)NC. The van der Waals surface area contributed by atoms with Gasteiger partial charge in [-0.15, -0.1) is 0 Å². The molecule has 0 rings (SSSR count). The van der Waals surface area contributed by atoms with Crippen LogP contribution in [-0.4, -0.2) is 39.0 Å². The quantitative estimate of drug-likeness (QED) is 0.661. The number of nitrogens with one attached hydrogen (secondary N) is 2. The second kappa shape index (κ2) is 6.10. The number of amides is 2. The lowest BCUT2D eigenvalue weighted by Gasteiger charge is -2.12. The van der Waals surface area contributed by atoms with E-state index in [0.717, 1.165) is 0 Å². The first-order chi connectivity index (χ1) is 6.10. The Morgan fingerprint density at radius 3 is 2.23 bits per heavy atom. The van der Waals surface area contributed by atoms with Gasteiger partial charge in [0.15, 0.2) is 0 Å². The third kappa shape index (κ3) is 5.77. The minimum absolute atomic E-state index is 0.0348. The average Bonchev–Trinajstić information content (AvgIpc) is 2.13. The summed E-state index contributed by atoms with van der Waals surface area (Å²) in [5.41, 5.74) is 0. The number of ether oxygens (including phenoxy) is 2. The van der Waals surface area contributed by atoms with E-state index in [0.29, 0.717) is 0 Å². The van der Waals surface area contributed by atoms with Crippen LogP contribution in [0.3, 0.4) is 0 Å². The summed E-state index contributed by atoms with van der Waals surface area (Å²) in [6.45, 7) is 1.66. The molecule has 0 bridgehead atoms. The molecule has 2 N–H and O–H groups in total. The number of hydrogen-bond donors (Lipinski definition) is 2. The molecule has 0 saturated carbocycles. The van der Waals surface area contributed by atoms with Crippen LogP contribution in [0, 0.1) is 0 Å². The van der Waals surface area contributed by atoms with E-state index in [1.54, 1.807) is 6.92 Å². The van der Waals surface area contributed by atoms with E-state index in [9.17, 15) is 9.59 Å². The van der Waals surface area contributed by atoms with Crippen LogP contribution in [0.25, 0.3) is 0 Å². The first-order valence-electron chi connectivity index (χ1n) is 3.83. The minimum atomic E-state index is -0.549. The minimum Gasteiger partial charge on any atom is -0.446 e. The monoisotopic (exact) mass is 190 g/mol. The van der Waals surface area contributed by atoms with Crippen molar-refractivity contribution in [3.8, 4) is 0 Å². The van der Waals surface area contributed by atoms with Crippen LogP contribution >= 0.6 is 0 Å². The molecule has 1 atom stereocenters. The van der Waals surface area contributed by atoms with Crippen molar-refractivity contribution in [2.75, 3.05) is 20.7 Å². The molecular weight excluding hydrogens is 176 g/mol. The number of carbonyl (C=O) groups excluding carboxylic acids is 2. The number of carbonyl (C=O) groups is 2. The summed E-state index contributed by atoms with van der Waals surface area (Å²) < 4.78 is 9.38. The van der Waals surface area contributed by atoms with E-state index >= 15 is 0 Å². The third-order valence-electron chi connectivity index (χ3n) is 1.17. The maximum absolute atomic E-state index is 10.6. The molecule has 76 valence electrons. The lowest BCUT2D eigenvalue weighted by Crippen LogP contribution is -2.29. The average molecular weight is 190 g/mol. The van der Waals surface area contributed by atoms with Crippen molar-refractivity contribution in [3.05, 3.63) is 0 Å².